The molecule has 0 aromatic heterocycles. The molecule has 120 valence electrons. The van der Waals surface area contributed by atoms with Gasteiger partial charge < -0.3 is 9.47 Å². The van der Waals surface area contributed by atoms with Crippen molar-refractivity contribution in [3.63, 3.8) is 0 Å². The van der Waals surface area contributed by atoms with Crippen LogP contribution in [0.5, 0.6) is 5.75 Å². The molecule has 0 atom stereocenters. The van der Waals surface area contributed by atoms with Crippen molar-refractivity contribution in [3.05, 3.63) is 64.7 Å². The standard InChI is InChI=1S/C19H20O4/c1-13-6-4-7-14(2)17(13)12-23-16-9-5-8-15(10-16)18(20)11-19(21)22-3/h4-10H,11-12H2,1-3H3. The summed E-state index contributed by atoms with van der Waals surface area (Å²) in [7, 11) is 1.26. The van der Waals surface area contributed by atoms with Crippen LogP contribution in [0.1, 0.15) is 33.5 Å². The fourth-order valence-electron chi connectivity index (χ4n) is 2.30. The smallest absolute Gasteiger partial charge is 0.313 e. The minimum Gasteiger partial charge on any atom is -0.489 e. The third kappa shape index (κ3) is 4.42. The molecule has 0 aliphatic heterocycles. The second kappa shape index (κ2) is 7.58. The molecular weight excluding hydrogens is 292 g/mol. The van der Waals surface area contributed by atoms with Gasteiger partial charge in [-0.25, -0.2) is 0 Å². The minimum absolute atomic E-state index is 0.267. The maximum absolute atomic E-state index is 12.0. The van der Waals surface area contributed by atoms with Crippen molar-refractivity contribution in [1.82, 2.24) is 0 Å². The number of Topliss-reactive ketones (excluding diaryl/α,β-unsaturated/α-hetero) is 1. The van der Waals surface area contributed by atoms with Gasteiger partial charge in [0.15, 0.2) is 5.78 Å². The Kier molecular flexibility index (Phi) is 5.52. The number of esters is 1. The van der Waals surface area contributed by atoms with Gasteiger partial charge in [-0.3, -0.25) is 9.59 Å². The van der Waals surface area contributed by atoms with Crippen LogP contribution in [0.3, 0.4) is 0 Å². The van der Waals surface area contributed by atoms with Gasteiger partial charge in [0.05, 0.1) is 7.11 Å². The average Bonchev–Trinajstić information content (AvgIpc) is 2.54. The van der Waals surface area contributed by atoms with Gasteiger partial charge in [-0.1, -0.05) is 30.3 Å². The summed E-state index contributed by atoms with van der Waals surface area (Å²) in [5.74, 6) is -0.227. The zero-order valence-corrected chi connectivity index (χ0v) is 13.6. The molecule has 2 aromatic rings. The predicted molar refractivity (Wildman–Crippen MR) is 87.7 cm³/mol. The first-order valence-electron chi connectivity index (χ1n) is 7.39. The summed E-state index contributed by atoms with van der Waals surface area (Å²) in [4.78, 5) is 23.2. The van der Waals surface area contributed by atoms with E-state index in [0.29, 0.717) is 17.9 Å². The Hall–Kier alpha value is -2.62. The van der Waals surface area contributed by atoms with E-state index < -0.39 is 5.97 Å². The van der Waals surface area contributed by atoms with E-state index in [9.17, 15) is 9.59 Å². The number of ketones is 1. The molecule has 0 spiro atoms. The summed E-state index contributed by atoms with van der Waals surface area (Å²) in [6, 6.07) is 13.0. The number of aryl methyl sites for hydroxylation is 2. The monoisotopic (exact) mass is 312 g/mol. The summed E-state index contributed by atoms with van der Waals surface area (Å²) >= 11 is 0. The maximum atomic E-state index is 12.0. The minimum atomic E-state index is -0.545. The lowest BCUT2D eigenvalue weighted by Gasteiger charge is -2.12. The van der Waals surface area contributed by atoms with Gasteiger partial charge in [0, 0.05) is 5.56 Å². The van der Waals surface area contributed by atoms with Gasteiger partial charge in [-0.05, 0) is 42.7 Å². The Balaban J connectivity index is 2.08. The molecule has 0 saturated carbocycles. The molecule has 0 aliphatic carbocycles. The molecule has 0 bridgehead atoms. The third-order valence-corrected chi connectivity index (χ3v) is 3.72. The average molecular weight is 312 g/mol. The molecule has 2 aromatic carbocycles. The van der Waals surface area contributed by atoms with Gasteiger partial charge in [-0.2, -0.15) is 0 Å². The highest BCUT2D eigenvalue weighted by molar-refractivity contribution is 6.06. The molecule has 23 heavy (non-hydrogen) atoms. The molecule has 0 amide bonds. The largest absolute Gasteiger partial charge is 0.489 e. The van der Waals surface area contributed by atoms with Crippen molar-refractivity contribution in [2.24, 2.45) is 0 Å². The quantitative estimate of drug-likeness (QED) is 0.464. The van der Waals surface area contributed by atoms with Crippen LogP contribution in [-0.2, 0) is 16.1 Å². The zero-order valence-electron chi connectivity index (χ0n) is 13.6. The summed E-state index contributed by atoms with van der Waals surface area (Å²) in [6.45, 7) is 4.52. The van der Waals surface area contributed by atoms with E-state index in [2.05, 4.69) is 4.74 Å². The summed E-state index contributed by atoms with van der Waals surface area (Å²) in [6.07, 6.45) is -0.267. The van der Waals surface area contributed by atoms with Gasteiger partial charge in [0.1, 0.15) is 18.8 Å². The van der Waals surface area contributed by atoms with Crippen LogP contribution in [0.15, 0.2) is 42.5 Å². The van der Waals surface area contributed by atoms with Crippen molar-refractivity contribution >= 4 is 11.8 Å². The molecule has 4 nitrogen and oxygen atoms in total. The van der Waals surface area contributed by atoms with Crippen LogP contribution in [0.4, 0.5) is 0 Å². The Morgan fingerprint density at radius 2 is 1.65 bits per heavy atom. The molecule has 0 N–H and O–H groups in total. The fraction of sp³-hybridized carbons (Fsp3) is 0.263. The van der Waals surface area contributed by atoms with Crippen molar-refractivity contribution in [2.75, 3.05) is 7.11 Å². The van der Waals surface area contributed by atoms with Gasteiger partial charge in [0.25, 0.3) is 0 Å². The topological polar surface area (TPSA) is 52.6 Å². The first-order chi connectivity index (χ1) is 11.0. The number of ether oxygens (including phenoxy) is 2. The number of carbonyl (C=O) groups is 2. The van der Waals surface area contributed by atoms with Crippen LogP contribution in [-0.4, -0.2) is 18.9 Å². The zero-order chi connectivity index (χ0) is 16.8. The predicted octanol–water partition coefficient (Wildman–Crippen LogP) is 3.63. The van der Waals surface area contributed by atoms with Crippen molar-refractivity contribution in [2.45, 2.75) is 26.9 Å². The number of benzene rings is 2. The van der Waals surface area contributed by atoms with Crippen LogP contribution in [0.2, 0.25) is 0 Å². The molecule has 2 rings (SSSR count). The van der Waals surface area contributed by atoms with E-state index in [1.807, 2.05) is 32.0 Å². The number of carbonyl (C=O) groups excluding carboxylic acids is 2. The Morgan fingerprint density at radius 3 is 2.30 bits per heavy atom. The molecule has 4 heteroatoms. The molecular formula is C19H20O4. The van der Waals surface area contributed by atoms with Crippen molar-refractivity contribution in [3.8, 4) is 5.75 Å². The third-order valence-electron chi connectivity index (χ3n) is 3.72. The second-order valence-electron chi connectivity index (χ2n) is 5.36. The first-order valence-corrected chi connectivity index (χ1v) is 7.39. The normalized spacial score (nSPS) is 10.2. The van der Waals surface area contributed by atoms with E-state index in [1.165, 1.54) is 18.2 Å². The van der Waals surface area contributed by atoms with E-state index in [4.69, 9.17) is 4.74 Å². The molecule has 0 unspecified atom stereocenters. The SMILES string of the molecule is COC(=O)CC(=O)c1cccc(OCc2c(C)cccc2C)c1. The molecule has 0 aliphatic rings. The second-order valence-corrected chi connectivity index (χ2v) is 5.36. The van der Waals surface area contributed by atoms with Gasteiger partial charge in [0.2, 0.25) is 0 Å². The Bertz CT molecular complexity index is 699. The lowest BCUT2D eigenvalue weighted by atomic mass is 10.0. The fourth-order valence-corrected chi connectivity index (χ4v) is 2.30. The molecule has 0 radical (unpaired) electrons. The van der Waals surface area contributed by atoms with E-state index in [0.717, 1.165) is 5.56 Å². The summed E-state index contributed by atoms with van der Waals surface area (Å²) in [5.41, 5.74) is 3.92. The molecule has 0 saturated heterocycles. The summed E-state index contributed by atoms with van der Waals surface area (Å²) < 4.78 is 10.3. The first kappa shape index (κ1) is 16.7. The highest BCUT2D eigenvalue weighted by Gasteiger charge is 2.13. The summed E-state index contributed by atoms with van der Waals surface area (Å²) in [5, 5.41) is 0. The molecule has 0 heterocycles. The highest BCUT2D eigenvalue weighted by atomic mass is 16.5. The van der Waals surface area contributed by atoms with E-state index in [-0.39, 0.29) is 12.2 Å². The van der Waals surface area contributed by atoms with Crippen LogP contribution in [0, 0.1) is 13.8 Å². The maximum Gasteiger partial charge on any atom is 0.313 e. The van der Waals surface area contributed by atoms with E-state index in [1.54, 1.807) is 24.3 Å². The highest BCUT2D eigenvalue weighted by Crippen LogP contribution is 2.19. The van der Waals surface area contributed by atoms with Crippen molar-refractivity contribution < 1.29 is 19.1 Å². The number of hydrogen-bond acceptors (Lipinski definition) is 4. The van der Waals surface area contributed by atoms with Crippen LogP contribution < -0.4 is 4.74 Å². The van der Waals surface area contributed by atoms with Crippen molar-refractivity contribution in [1.29, 1.82) is 0 Å². The van der Waals surface area contributed by atoms with Gasteiger partial charge >= 0.3 is 5.97 Å². The lowest BCUT2D eigenvalue weighted by molar-refractivity contribution is -0.139. The lowest BCUT2D eigenvalue weighted by Crippen LogP contribution is -2.09. The van der Waals surface area contributed by atoms with Crippen LogP contribution >= 0.6 is 0 Å². The van der Waals surface area contributed by atoms with Gasteiger partial charge in [-0.15, -0.1) is 0 Å². The number of rotatable bonds is 6. The van der Waals surface area contributed by atoms with E-state index >= 15 is 0 Å². The Labute approximate surface area is 136 Å². The van der Waals surface area contributed by atoms with Crippen LogP contribution in [0.25, 0.3) is 0 Å². The number of hydrogen-bond donors (Lipinski definition) is 0. The Morgan fingerprint density at radius 1 is 1.00 bits per heavy atom. The number of methoxy groups -OCH3 is 1. The molecule has 0 fully saturated rings.